The summed E-state index contributed by atoms with van der Waals surface area (Å²) < 4.78 is 31.2. The van der Waals surface area contributed by atoms with Crippen LogP contribution in [-0.2, 0) is 19.6 Å². The lowest BCUT2D eigenvalue weighted by Gasteiger charge is -2.09. The second kappa shape index (κ2) is 9.45. The SMILES string of the molecule is CNc1ccc(S(=O)(=O)NCC(=O)OCC(=O)c2ccc(Cl)cc2)cc1[N+](=O)[O-]. The Balaban J connectivity index is 1.96. The highest BCUT2D eigenvalue weighted by atomic mass is 35.5. The van der Waals surface area contributed by atoms with Crippen molar-refractivity contribution in [2.75, 3.05) is 25.5 Å². The molecular formula is C17H16ClN3O7S. The molecule has 2 aromatic rings. The molecule has 0 aliphatic carbocycles. The van der Waals surface area contributed by atoms with Crippen molar-refractivity contribution in [3.05, 3.63) is 63.2 Å². The number of nitrogens with one attached hydrogen (secondary N) is 2. The minimum Gasteiger partial charge on any atom is -0.456 e. The summed E-state index contributed by atoms with van der Waals surface area (Å²) in [4.78, 5) is 33.6. The maximum atomic E-state index is 12.3. The van der Waals surface area contributed by atoms with E-state index in [1.54, 1.807) is 0 Å². The van der Waals surface area contributed by atoms with E-state index in [1.807, 2.05) is 4.72 Å². The Morgan fingerprint density at radius 2 is 1.83 bits per heavy atom. The maximum Gasteiger partial charge on any atom is 0.321 e. The summed E-state index contributed by atoms with van der Waals surface area (Å²) >= 11 is 5.72. The van der Waals surface area contributed by atoms with Crippen LogP contribution in [0.25, 0.3) is 0 Å². The van der Waals surface area contributed by atoms with Crippen LogP contribution in [0.4, 0.5) is 11.4 Å². The number of anilines is 1. The molecule has 0 atom stereocenters. The van der Waals surface area contributed by atoms with E-state index in [2.05, 4.69) is 5.32 Å². The molecule has 12 heteroatoms. The molecule has 0 fully saturated rings. The van der Waals surface area contributed by atoms with E-state index in [0.717, 1.165) is 12.1 Å². The molecule has 0 heterocycles. The molecule has 0 unspecified atom stereocenters. The fourth-order valence-corrected chi connectivity index (χ4v) is 3.31. The molecular weight excluding hydrogens is 426 g/mol. The molecule has 2 rings (SSSR count). The number of nitro groups is 1. The number of esters is 1. The van der Waals surface area contributed by atoms with Crippen molar-refractivity contribution in [2.45, 2.75) is 4.90 Å². The number of hydrogen-bond acceptors (Lipinski definition) is 8. The van der Waals surface area contributed by atoms with E-state index in [0.29, 0.717) is 5.02 Å². The number of carbonyl (C=O) groups excluding carboxylic acids is 2. The summed E-state index contributed by atoms with van der Waals surface area (Å²) in [5, 5.41) is 14.1. The van der Waals surface area contributed by atoms with Crippen molar-refractivity contribution in [1.29, 1.82) is 0 Å². The van der Waals surface area contributed by atoms with E-state index in [9.17, 15) is 28.1 Å². The van der Waals surface area contributed by atoms with Crippen LogP contribution < -0.4 is 10.0 Å². The van der Waals surface area contributed by atoms with E-state index in [-0.39, 0.29) is 11.3 Å². The van der Waals surface area contributed by atoms with Gasteiger partial charge in [0.1, 0.15) is 12.2 Å². The first kappa shape index (κ1) is 22.3. The Morgan fingerprint density at radius 1 is 1.17 bits per heavy atom. The number of benzene rings is 2. The van der Waals surface area contributed by atoms with Gasteiger partial charge in [-0.25, -0.2) is 8.42 Å². The molecule has 0 bridgehead atoms. The van der Waals surface area contributed by atoms with Crippen LogP contribution in [0.3, 0.4) is 0 Å². The largest absolute Gasteiger partial charge is 0.456 e. The third-order valence-corrected chi connectivity index (χ3v) is 5.33. The molecule has 0 aliphatic rings. The first-order valence-corrected chi connectivity index (χ1v) is 9.90. The average Bonchev–Trinajstić information content (AvgIpc) is 2.70. The highest BCUT2D eigenvalue weighted by molar-refractivity contribution is 7.89. The number of rotatable bonds is 9. The molecule has 154 valence electrons. The molecule has 0 saturated heterocycles. The summed E-state index contributed by atoms with van der Waals surface area (Å²) in [6.45, 7) is -1.33. The highest BCUT2D eigenvalue weighted by Crippen LogP contribution is 2.26. The van der Waals surface area contributed by atoms with Gasteiger partial charge < -0.3 is 10.1 Å². The lowest BCUT2D eigenvalue weighted by Crippen LogP contribution is -2.31. The van der Waals surface area contributed by atoms with Crippen LogP contribution in [0.1, 0.15) is 10.4 Å². The number of hydrogen-bond donors (Lipinski definition) is 2. The highest BCUT2D eigenvalue weighted by Gasteiger charge is 2.22. The number of ketones is 1. The van der Waals surface area contributed by atoms with E-state index >= 15 is 0 Å². The van der Waals surface area contributed by atoms with Crippen molar-refractivity contribution in [1.82, 2.24) is 4.72 Å². The number of halogens is 1. The van der Waals surface area contributed by atoms with Gasteiger partial charge in [0.15, 0.2) is 12.4 Å². The van der Waals surface area contributed by atoms with Gasteiger partial charge in [-0.1, -0.05) is 11.6 Å². The Kier molecular flexibility index (Phi) is 7.26. The second-order valence-corrected chi connectivity index (χ2v) is 7.80. The lowest BCUT2D eigenvalue weighted by molar-refractivity contribution is -0.384. The van der Waals surface area contributed by atoms with Gasteiger partial charge in [0.2, 0.25) is 10.0 Å². The van der Waals surface area contributed by atoms with Gasteiger partial charge in [-0.3, -0.25) is 19.7 Å². The fourth-order valence-electron chi connectivity index (χ4n) is 2.19. The Hall–Kier alpha value is -3.02. The Labute approximate surface area is 171 Å². The van der Waals surface area contributed by atoms with Gasteiger partial charge >= 0.3 is 5.97 Å². The molecule has 29 heavy (non-hydrogen) atoms. The number of Topliss-reactive ketones (excluding diaryl/α,β-unsaturated/α-hetero) is 1. The molecule has 0 aliphatic heterocycles. The first-order chi connectivity index (χ1) is 13.6. The zero-order chi connectivity index (χ0) is 21.6. The smallest absolute Gasteiger partial charge is 0.321 e. The van der Waals surface area contributed by atoms with E-state index < -0.39 is 50.4 Å². The second-order valence-electron chi connectivity index (χ2n) is 5.60. The minimum absolute atomic E-state index is 0.133. The van der Waals surface area contributed by atoms with Crippen LogP contribution >= 0.6 is 11.6 Å². The molecule has 0 radical (unpaired) electrons. The van der Waals surface area contributed by atoms with Crippen LogP contribution in [0.5, 0.6) is 0 Å². The van der Waals surface area contributed by atoms with Crippen molar-refractivity contribution in [3.8, 4) is 0 Å². The number of nitrogens with zero attached hydrogens (tertiary/aromatic N) is 1. The molecule has 0 saturated carbocycles. The van der Waals surface area contributed by atoms with Gasteiger partial charge in [0, 0.05) is 23.7 Å². The first-order valence-electron chi connectivity index (χ1n) is 8.04. The number of nitro benzene ring substituents is 1. The van der Waals surface area contributed by atoms with E-state index in [4.69, 9.17) is 16.3 Å². The molecule has 10 nitrogen and oxygen atoms in total. The molecule has 0 spiro atoms. The summed E-state index contributed by atoms with van der Waals surface area (Å²) in [7, 11) is -2.76. The average molecular weight is 442 g/mol. The molecule has 0 aromatic heterocycles. The molecule has 2 N–H and O–H groups in total. The quantitative estimate of drug-likeness (QED) is 0.260. The standard InChI is InChI=1S/C17H16ClN3O7S/c1-19-14-7-6-13(8-15(14)21(24)25)29(26,27)20-9-17(23)28-10-16(22)11-2-4-12(18)5-3-11/h2-8,19-20H,9-10H2,1H3. The van der Waals surface area contributed by atoms with E-state index in [1.165, 1.54) is 37.4 Å². The van der Waals surface area contributed by atoms with Crippen LogP contribution in [-0.4, -0.2) is 45.3 Å². The normalized spacial score (nSPS) is 11.0. The minimum atomic E-state index is -4.21. The lowest BCUT2D eigenvalue weighted by atomic mass is 10.1. The number of ether oxygens (including phenoxy) is 1. The predicted molar refractivity (Wildman–Crippen MR) is 105 cm³/mol. The van der Waals surface area contributed by atoms with Gasteiger partial charge in [0.05, 0.1) is 9.82 Å². The Bertz CT molecular complexity index is 1040. The van der Waals surface area contributed by atoms with Crippen LogP contribution in [0, 0.1) is 10.1 Å². The van der Waals surface area contributed by atoms with Gasteiger partial charge in [0.25, 0.3) is 5.69 Å². The monoisotopic (exact) mass is 441 g/mol. The van der Waals surface area contributed by atoms with Crippen LogP contribution in [0.2, 0.25) is 5.02 Å². The summed E-state index contributed by atoms with van der Waals surface area (Å²) in [5.41, 5.74) is -0.0275. The van der Waals surface area contributed by atoms with Crippen molar-refractivity contribution >= 4 is 44.8 Å². The summed E-state index contributed by atoms with van der Waals surface area (Å²) in [5.74, 6) is -1.48. The summed E-state index contributed by atoms with van der Waals surface area (Å²) in [6.07, 6.45) is 0. The predicted octanol–water partition coefficient (Wildman–Crippen LogP) is 1.99. The van der Waals surface area contributed by atoms with Crippen LogP contribution in [0.15, 0.2) is 47.4 Å². The third-order valence-electron chi connectivity index (χ3n) is 3.68. The Morgan fingerprint density at radius 3 is 2.41 bits per heavy atom. The topological polar surface area (TPSA) is 145 Å². The number of sulfonamides is 1. The maximum absolute atomic E-state index is 12.3. The molecule has 2 aromatic carbocycles. The van der Waals surface area contributed by atoms with Crippen molar-refractivity contribution in [3.63, 3.8) is 0 Å². The summed E-state index contributed by atoms with van der Waals surface area (Å²) in [6, 6.07) is 9.17. The third kappa shape index (κ3) is 5.98. The molecule has 0 amide bonds. The fraction of sp³-hybridized carbons (Fsp3) is 0.176. The van der Waals surface area contributed by atoms with Crippen molar-refractivity contribution in [2.24, 2.45) is 0 Å². The van der Waals surface area contributed by atoms with Crippen molar-refractivity contribution < 1.29 is 27.7 Å². The van der Waals surface area contributed by atoms with Gasteiger partial charge in [-0.05, 0) is 36.4 Å². The zero-order valence-corrected chi connectivity index (χ0v) is 16.6. The van der Waals surface area contributed by atoms with Gasteiger partial charge in [-0.2, -0.15) is 4.72 Å². The zero-order valence-electron chi connectivity index (χ0n) is 15.0. The number of carbonyl (C=O) groups is 2. The van der Waals surface area contributed by atoms with Gasteiger partial charge in [-0.15, -0.1) is 0 Å².